The number of nitrogens with zero attached hydrogens (tertiary/aromatic N) is 4. The highest BCUT2D eigenvalue weighted by Crippen LogP contribution is 2.20. The third kappa shape index (κ3) is 2.06. The molecule has 1 aromatic rings. The van der Waals surface area contributed by atoms with Crippen LogP contribution in [0.3, 0.4) is 0 Å². The van der Waals surface area contributed by atoms with Gasteiger partial charge in [-0.05, 0) is 6.92 Å². The summed E-state index contributed by atoms with van der Waals surface area (Å²) in [5, 5.41) is 15.5. The molecule has 0 atom stereocenters. The number of nitrogens with one attached hydrogen (secondary N) is 1. The molecule has 0 radical (unpaired) electrons. The molecule has 76 valence electrons. The first-order valence-corrected chi connectivity index (χ1v) is 3.96. The van der Waals surface area contributed by atoms with Gasteiger partial charge in [0.05, 0.1) is 5.69 Å². The molecule has 3 N–H and O–H groups in total. The number of amides is 1. The predicted molar refractivity (Wildman–Crippen MR) is 50.0 cm³/mol. The van der Waals surface area contributed by atoms with Crippen molar-refractivity contribution in [3.63, 3.8) is 0 Å². The van der Waals surface area contributed by atoms with Crippen LogP contribution >= 0.6 is 0 Å². The van der Waals surface area contributed by atoms with Gasteiger partial charge < -0.3 is 5.73 Å². The molecule has 7 heteroatoms. The predicted octanol–water partition coefficient (Wildman–Crippen LogP) is 0.377. The highest BCUT2D eigenvalue weighted by molar-refractivity contribution is 5.96. The van der Waals surface area contributed by atoms with Gasteiger partial charge in [-0.2, -0.15) is 5.10 Å². The van der Waals surface area contributed by atoms with Crippen molar-refractivity contribution in [1.29, 1.82) is 0 Å². The second kappa shape index (κ2) is 3.86. The SMILES string of the molecule is Cc1[nH]nc(C(N)=O)c1N=NN(C)C. The van der Waals surface area contributed by atoms with E-state index in [9.17, 15) is 4.79 Å². The van der Waals surface area contributed by atoms with Gasteiger partial charge in [-0.15, -0.1) is 5.11 Å². The van der Waals surface area contributed by atoms with E-state index in [1.54, 1.807) is 21.0 Å². The smallest absolute Gasteiger partial charge is 0.271 e. The number of hydrogen-bond donors (Lipinski definition) is 2. The minimum absolute atomic E-state index is 0.105. The lowest BCUT2D eigenvalue weighted by Crippen LogP contribution is -2.11. The number of carbonyl (C=O) groups is 1. The normalized spacial score (nSPS) is 10.8. The largest absolute Gasteiger partial charge is 0.364 e. The Morgan fingerprint density at radius 2 is 2.21 bits per heavy atom. The molecule has 14 heavy (non-hydrogen) atoms. The van der Waals surface area contributed by atoms with Crippen molar-refractivity contribution in [3.8, 4) is 0 Å². The molecule has 0 saturated heterocycles. The van der Waals surface area contributed by atoms with E-state index in [0.29, 0.717) is 11.4 Å². The highest BCUT2D eigenvalue weighted by Gasteiger charge is 2.14. The summed E-state index contributed by atoms with van der Waals surface area (Å²) in [5.41, 5.74) is 6.24. The molecule has 0 aliphatic rings. The van der Waals surface area contributed by atoms with E-state index >= 15 is 0 Å². The molecular formula is C7H12N6O. The van der Waals surface area contributed by atoms with Crippen LogP contribution in [0.15, 0.2) is 10.3 Å². The van der Waals surface area contributed by atoms with E-state index in [2.05, 4.69) is 20.5 Å². The second-order valence-electron chi connectivity index (χ2n) is 2.95. The number of rotatable bonds is 3. The summed E-state index contributed by atoms with van der Waals surface area (Å²) in [6.45, 7) is 1.74. The number of aromatic nitrogens is 2. The number of H-pyrrole nitrogens is 1. The zero-order chi connectivity index (χ0) is 10.7. The summed E-state index contributed by atoms with van der Waals surface area (Å²) < 4.78 is 0. The van der Waals surface area contributed by atoms with Crippen molar-refractivity contribution >= 4 is 11.6 Å². The van der Waals surface area contributed by atoms with Crippen LogP contribution in [0.25, 0.3) is 0 Å². The van der Waals surface area contributed by atoms with Crippen molar-refractivity contribution in [2.24, 2.45) is 16.1 Å². The number of aromatic amines is 1. The maximum atomic E-state index is 10.9. The van der Waals surface area contributed by atoms with Crippen molar-refractivity contribution in [2.45, 2.75) is 6.92 Å². The summed E-state index contributed by atoms with van der Waals surface area (Å²) in [6, 6.07) is 0. The molecule has 0 aromatic carbocycles. The Morgan fingerprint density at radius 1 is 1.57 bits per heavy atom. The third-order valence-electron chi connectivity index (χ3n) is 1.47. The summed E-state index contributed by atoms with van der Waals surface area (Å²) in [5.74, 6) is -0.623. The maximum absolute atomic E-state index is 10.9. The van der Waals surface area contributed by atoms with Crippen LogP contribution in [0.1, 0.15) is 16.2 Å². The molecule has 1 aromatic heterocycles. The van der Waals surface area contributed by atoms with Crippen molar-refractivity contribution < 1.29 is 4.79 Å². The lowest BCUT2D eigenvalue weighted by atomic mass is 10.3. The zero-order valence-corrected chi connectivity index (χ0v) is 8.27. The molecule has 1 amide bonds. The molecule has 7 nitrogen and oxygen atoms in total. The second-order valence-corrected chi connectivity index (χ2v) is 2.95. The van der Waals surface area contributed by atoms with E-state index in [0.717, 1.165) is 0 Å². The molecule has 0 fully saturated rings. The van der Waals surface area contributed by atoms with Gasteiger partial charge >= 0.3 is 0 Å². The van der Waals surface area contributed by atoms with Crippen LogP contribution in [-0.2, 0) is 0 Å². The van der Waals surface area contributed by atoms with Gasteiger partial charge in [0, 0.05) is 14.1 Å². The number of hydrogen-bond acceptors (Lipinski definition) is 4. The Morgan fingerprint density at radius 3 is 2.71 bits per heavy atom. The first-order valence-electron chi connectivity index (χ1n) is 3.96. The lowest BCUT2D eigenvalue weighted by Gasteiger charge is -2.00. The van der Waals surface area contributed by atoms with Crippen LogP contribution in [0, 0.1) is 6.92 Å². The molecule has 0 spiro atoms. The summed E-state index contributed by atoms with van der Waals surface area (Å²) >= 11 is 0. The van der Waals surface area contributed by atoms with Crippen molar-refractivity contribution in [2.75, 3.05) is 14.1 Å². The first kappa shape index (κ1) is 10.2. The summed E-state index contributed by atoms with van der Waals surface area (Å²) in [7, 11) is 3.45. The Labute approximate surface area is 81.0 Å². The molecule has 1 heterocycles. The fourth-order valence-corrected chi connectivity index (χ4v) is 0.852. The van der Waals surface area contributed by atoms with Gasteiger partial charge in [0.25, 0.3) is 5.91 Å². The van der Waals surface area contributed by atoms with Gasteiger partial charge in [0.2, 0.25) is 0 Å². The van der Waals surface area contributed by atoms with Crippen LogP contribution < -0.4 is 5.73 Å². The van der Waals surface area contributed by atoms with Gasteiger partial charge in [-0.3, -0.25) is 14.9 Å². The van der Waals surface area contributed by atoms with E-state index in [-0.39, 0.29) is 5.69 Å². The maximum Gasteiger partial charge on any atom is 0.271 e. The summed E-state index contributed by atoms with van der Waals surface area (Å²) in [6.07, 6.45) is 0. The van der Waals surface area contributed by atoms with Gasteiger partial charge in [0.15, 0.2) is 5.69 Å². The molecule has 1 rings (SSSR count). The first-order chi connectivity index (χ1) is 6.52. The average molecular weight is 196 g/mol. The van der Waals surface area contributed by atoms with Crippen molar-refractivity contribution in [3.05, 3.63) is 11.4 Å². The fourth-order valence-electron chi connectivity index (χ4n) is 0.852. The Hall–Kier alpha value is -1.92. The fraction of sp³-hybridized carbons (Fsp3) is 0.429. The monoisotopic (exact) mass is 196 g/mol. The van der Waals surface area contributed by atoms with Gasteiger partial charge in [-0.1, -0.05) is 5.22 Å². The molecule has 0 saturated carbocycles. The molecule has 0 bridgehead atoms. The van der Waals surface area contributed by atoms with E-state index in [1.165, 1.54) is 5.01 Å². The molecule has 0 aliphatic carbocycles. The minimum Gasteiger partial charge on any atom is -0.364 e. The number of nitrogens with two attached hydrogens (primary N) is 1. The zero-order valence-electron chi connectivity index (χ0n) is 8.27. The third-order valence-corrected chi connectivity index (χ3v) is 1.47. The quantitative estimate of drug-likeness (QED) is 0.539. The van der Waals surface area contributed by atoms with Crippen LogP contribution in [0.4, 0.5) is 5.69 Å². The Bertz CT molecular complexity index is 366. The number of aryl methyl sites for hydroxylation is 1. The Balaban J connectivity index is 3.05. The van der Waals surface area contributed by atoms with E-state index in [1.807, 2.05) is 0 Å². The Kier molecular flexibility index (Phi) is 2.80. The van der Waals surface area contributed by atoms with Crippen molar-refractivity contribution in [1.82, 2.24) is 15.2 Å². The molecule has 0 aliphatic heterocycles. The lowest BCUT2D eigenvalue weighted by molar-refractivity contribution is 0.0996. The molecular weight excluding hydrogens is 184 g/mol. The average Bonchev–Trinajstić information content (AvgIpc) is 2.43. The van der Waals surface area contributed by atoms with E-state index in [4.69, 9.17) is 5.73 Å². The van der Waals surface area contributed by atoms with Crippen LogP contribution in [0.5, 0.6) is 0 Å². The topological polar surface area (TPSA) is 99.7 Å². The highest BCUT2D eigenvalue weighted by atomic mass is 16.1. The van der Waals surface area contributed by atoms with Gasteiger partial charge in [-0.25, -0.2) is 0 Å². The van der Waals surface area contributed by atoms with Crippen LogP contribution in [-0.4, -0.2) is 35.2 Å². The molecule has 0 unspecified atom stereocenters. The summed E-state index contributed by atoms with van der Waals surface area (Å²) in [4.78, 5) is 10.9. The standard InChI is InChI=1S/C7H12N6O/c1-4-5(11-12-13(2)3)6(7(8)14)10-9-4/h1-3H3,(H2,8,14)(H,9,10). The van der Waals surface area contributed by atoms with Crippen LogP contribution in [0.2, 0.25) is 0 Å². The number of carbonyl (C=O) groups excluding carboxylic acids is 1. The minimum atomic E-state index is -0.623. The van der Waals surface area contributed by atoms with Gasteiger partial charge in [0.1, 0.15) is 5.69 Å². The number of primary amides is 1. The van der Waals surface area contributed by atoms with E-state index < -0.39 is 5.91 Å².